The van der Waals surface area contributed by atoms with Crippen LogP contribution in [0.15, 0.2) is 11.4 Å². The molecule has 0 aliphatic heterocycles. The first-order valence-electron chi connectivity index (χ1n) is 6.53. The van der Waals surface area contributed by atoms with Gasteiger partial charge in [-0.15, -0.1) is 11.3 Å². The summed E-state index contributed by atoms with van der Waals surface area (Å²) in [5.74, 6) is 0.591. The van der Waals surface area contributed by atoms with Crippen LogP contribution >= 0.6 is 22.9 Å². The second-order valence-electron chi connectivity index (χ2n) is 4.22. The van der Waals surface area contributed by atoms with Crippen LogP contribution in [-0.4, -0.2) is 29.7 Å². The van der Waals surface area contributed by atoms with Crippen LogP contribution in [0.5, 0.6) is 0 Å². The molecule has 19 heavy (non-hydrogen) atoms. The highest BCUT2D eigenvalue weighted by Gasteiger charge is 2.06. The summed E-state index contributed by atoms with van der Waals surface area (Å²) in [6.45, 7) is 4.56. The molecule has 2 heterocycles. The fourth-order valence-electron chi connectivity index (χ4n) is 1.62. The first kappa shape index (κ1) is 14.5. The van der Waals surface area contributed by atoms with E-state index in [1.165, 1.54) is 6.42 Å². The summed E-state index contributed by atoms with van der Waals surface area (Å²) in [5, 5.41) is 6.57. The molecule has 0 amide bonds. The van der Waals surface area contributed by atoms with Crippen molar-refractivity contribution in [3.63, 3.8) is 0 Å². The van der Waals surface area contributed by atoms with E-state index < -0.39 is 0 Å². The van der Waals surface area contributed by atoms with E-state index >= 15 is 0 Å². The molecule has 6 heteroatoms. The van der Waals surface area contributed by atoms with Gasteiger partial charge in [-0.3, -0.25) is 0 Å². The van der Waals surface area contributed by atoms with Gasteiger partial charge in [0.05, 0.1) is 0 Å². The third-order valence-electron chi connectivity index (χ3n) is 2.67. The number of aromatic nitrogens is 2. The summed E-state index contributed by atoms with van der Waals surface area (Å²) >= 11 is 7.66. The molecule has 0 saturated heterocycles. The highest BCUT2D eigenvalue weighted by molar-refractivity contribution is 7.16. The number of thiophene rings is 1. The Bertz CT molecular complexity index is 518. The fourth-order valence-corrected chi connectivity index (χ4v) is 2.67. The van der Waals surface area contributed by atoms with Crippen LogP contribution in [0.2, 0.25) is 5.15 Å². The Labute approximate surface area is 122 Å². The third kappa shape index (κ3) is 4.30. The molecule has 0 atom stereocenters. The summed E-state index contributed by atoms with van der Waals surface area (Å²) in [4.78, 5) is 9.56. The molecule has 0 aliphatic rings. The van der Waals surface area contributed by atoms with Crippen molar-refractivity contribution >= 4 is 39.1 Å². The van der Waals surface area contributed by atoms with Gasteiger partial charge in [-0.05, 0) is 24.3 Å². The topological polar surface area (TPSA) is 47.0 Å². The number of fused-ring (bicyclic) bond motifs is 1. The molecule has 0 aromatic carbocycles. The van der Waals surface area contributed by atoms with E-state index in [9.17, 15) is 0 Å². The van der Waals surface area contributed by atoms with E-state index in [2.05, 4.69) is 22.2 Å². The third-order valence-corrected chi connectivity index (χ3v) is 3.76. The summed E-state index contributed by atoms with van der Waals surface area (Å²) in [5.41, 5.74) is 0. The Hall–Kier alpha value is -0.910. The van der Waals surface area contributed by atoms with E-state index in [1.807, 2.05) is 11.4 Å². The number of unbranched alkanes of at least 4 members (excludes halogenated alkanes) is 1. The molecule has 0 saturated carbocycles. The predicted molar refractivity (Wildman–Crippen MR) is 81.3 cm³/mol. The molecule has 0 fully saturated rings. The molecule has 0 radical (unpaired) electrons. The quantitative estimate of drug-likeness (QED) is 0.592. The Morgan fingerprint density at radius 2 is 2.16 bits per heavy atom. The SMILES string of the molecule is CCCCOCCCNc1nc(Cl)c2ccsc2n1. The minimum Gasteiger partial charge on any atom is -0.381 e. The van der Waals surface area contributed by atoms with Gasteiger partial charge in [0.2, 0.25) is 5.95 Å². The molecular formula is C13H18ClN3OS. The normalized spacial score (nSPS) is 11.1. The van der Waals surface area contributed by atoms with E-state index in [1.54, 1.807) is 11.3 Å². The highest BCUT2D eigenvalue weighted by Crippen LogP contribution is 2.25. The molecule has 2 aromatic heterocycles. The molecule has 0 unspecified atom stereocenters. The summed E-state index contributed by atoms with van der Waals surface area (Å²) in [6.07, 6.45) is 3.24. The standard InChI is InChI=1S/C13H18ClN3OS/c1-2-3-7-18-8-4-6-15-13-16-11(14)10-5-9-19-12(10)17-13/h5,9H,2-4,6-8H2,1H3,(H,15,16,17). The van der Waals surface area contributed by atoms with Crippen LogP contribution in [0.3, 0.4) is 0 Å². The van der Waals surface area contributed by atoms with Crippen LogP contribution in [0.1, 0.15) is 26.2 Å². The van der Waals surface area contributed by atoms with Crippen molar-refractivity contribution in [2.45, 2.75) is 26.2 Å². The fraction of sp³-hybridized carbons (Fsp3) is 0.538. The Kier molecular flexibility index (Phi) is 5.82. The van der Waals surface area contributed by atoms with Gasteiger partial charge in [-0.25, -0.2) is 9.97 Å². The van der Waals surface area contributed by atoms with Gasteiger partial charge in [0, 0.05) is 25.1 Å². The van der Waals surface area contributed by atoms with Gasteiger partial charge in [0.25, 0.3) is 0 Å². The van der Waals surface area contributed by atoms with Crippen molar-refractivity contribution in [1.82, 2.24) is 9.97 Å². The van der Waals surface area contributed by atoms with Gasteiger partial charge >= 0.3 is 0 Å². The van der Waals surface area contributed by atoms with Crippen molar-refractivity contribution < 1.29 is 4.74 Å². The van der Waals surface area contributed by atoms with Crippen LogP contribution in [0.4, 0.5) is 5.95 Å². The lowest BCUT2D eigenvalue weighted by molar-refractivity contribution is 0.131. The second-order valence-corrected chi connectivity index (χ2v) is 5.48. The Morgan fingerprint density at radius 3 is 3.00 bits per heavy atom. The molecule has 0 spiro atoms. The summed E-state index contributed by atoms with van der Waals surface area (Å²) in [7, 11) is 0. The lowest BCUT2D eigenvalue weighted by Crippen LogP contribution is -2.08. The highest BCUT2D eigenvalue weighted by atomic mass is 35.5. The van der Waals surface area contributed by atoms with Crippen molar-refractivity contribution in [3.05, 3.63) is 16.6 Å². The first-order chi connectivity index (χ1) is 9.31. The van der Waals surface area contributed by atoms with E-state index in [4.69, 9.17) is 16.3 Å². The zero-order chi connectivity index (χ0) is 13.5. The molecule has 1 N–H and O–H groups in total. The van der Waals surface area contributed by atoms with Crippen molar-refractivity contribution in [1.29, 1.82) is 0 Å². The van der Waals surface area contributed by atoms with Crippen LogP contribution < -0.4 is 5.32 Å². The summed E-state index contributed by atoms with van der Waals surface area (Å²) < 4.78 is 5.49. The average molecular weight is 300 g/mol. The Morgan fingerprint density at radius 1 is 1.32 bits per heavy atom. The van der Waals surface area contributed by atoms with Crippen molar-refractivity contribution in [2.75, 3.05) is 25.1 Å². The number of hydrogen-bond donors (Lipinski definition) is 1. The Balaban J connectivity index is 1.75. The maximum absolute atomic E-state index is 6.09. The monoisotopic (exact) mass is 299 g/mol. The molecule has 104 valence electrons. The van der Waals surface area contributed by atoms with Crippen molar-refractivity contribution in [2.24, 2.45) is 0 Å². The number of rotatable bonds is 8. The minimum atomic E-state index is 0.507. The van der Waals surface area contributed by atoms with Gasteiger partial charge in [-0.2, -0.15) is 0 Å². The van der Waals surface area contributed by atoms with Crippen LogP contribution in [-0.2, 0) is 4.74 Å². The van der Waals surface area contributed by atoms with Crippen LogP contribution in [0.25, 0.3) is 10.2 Å². The number of nitrogens with one attached hydrogen (secondary N) is 1. The molecule has 0 bridgehead atoms. The number of anilines is 1. The number of hydrogen-bond acceptors (Lipinski definition) is 5. The lowest BCUT2D eigenvalue weighted by Gasteiger charge is -2.06. The smallest absolute Gasteiger partial charge is 0.225 e. The maximum Gasteiger partial charge on any atom is 0.225 e. The minimum absolute atomic E-state index is 0.507. The molecule has 4 nitrogen and oxygen atoms in total. The largest absolute Gasteiger partial charge is 0.381 e. The molecule has 2 rings (SSSR count). The predicted octanol–water partition coefficient (Wildman–Crippen LogP) is 3.96. The van der Waals surface area contributed by atoms with E-state index in [0.29, 0.717) is 11.1 Å². The lowest BCUT2D eigenvalue weighted by atomic mass is 10.4. The second kappa shape index (κ2) is 7.62. The zero-order valence-electron chi connectivity index (χ0n) is 11.0. The molecular weight excluding hydrogens is 282 g/mol. The van der Waals surface area contributed by atoms with Gasteiger partial charge in [0.15, 0.2) is 0 Å². The molecule has 0 aliphatic carbocycles. The average Bonchev–Trinajstić information content (AvgIpc) is 2.86. The number of ether oxygens (including phenoxy) is 1. The maximum atomic E-state index is 6.09. The summed E-state index contributed by atoms with van der Waals surface area (Å²) in [6, 6.07) is 1.94. The number of nitrogens with zero attached hydrogens (tertiary/aromatic N) is 2. The molecule has 2 aromatic rings. The van der Waals surface area contributed by atoms with Crippen LogP contribution in [0, 0.1) is 0 Å². The van der Waals surface area contributed by atoms with Crippen molar-refractivity contribution in [3.8, 4) is 0 Å². The van der Waals surface area contributed by atoms with Gasteiger partial charge < -0.3 is 10.1 Å². The van der Waals surface area contributed by atoms with Gasteiger partial charge in [-0.1, -0.05) is 24.9 Å². The van der Waals surface area contributed by atoms with Gasteiger partial charge in [0.1, 0.15) is 9.98 Å². The van der Waals surface area contributed by atoms with E-state index in [-0.39, 0.29) is 0 Å². The van der Waals surface area contributed by atoms with E-state index in [0.717, 1.165) is 42.8 Å². The zero-order valence-corrected chi connectivity index (χ0v) is 12.6. The first-order valence-corrected chi connectivity index (χ1v) is 7.79. The number of halogens is 1.